The fraction of sp³-hybridized carbons (Fsp3) is 0.364. The van der Waals surface area contributed by atoms with Crippen LogP contribution in [0.1, 0.15) is 70.1 Å². The number of aryl methyl sites for hydroxylation is 2. The summed E-state index contributed by atoms with van der Waals surface area (Å²) in [5.41, 5.74) is 11.0. The summed E-state index contributed by atoms with van der Waals surface area (Å²) in [6, 6.07) is 10.2. The van der Waals surface area contributed by atoms with Gasteiger partial charge in [0.2, 0.25) is 5.78 Å². The number of thiophene rings is 1. The van der Waals surface area contributed by atoms with Crippen LogP contribution in [-0.2, 0) is 0 Å². The van der Waals surface area contributed by atoms with Crippen molar-refractivity contribution in [1.82, 2.24) is 4.98 Å². The lowest BCUT2D eigenvalue weighted by molar-refractivity contribution is 0.104. The maximum atomic E-state index is 13.0. The second kappa shape index (κ2) is 6.84. The average Bonchev–Trinajstić information content (AvgIpc) is 2.98. The first-order valence-corrected chi connectivity index (χ1v) is 10.2. The standard InChI is InChI=1S/C22H24N2OS/c1-13-12-14(2)24-22-18(13)19(23)21(26-22)20(25)17-10-8-16(9-11-17)15-6-4-3-5-7-15/h8-12,15H,3-7,23H2,1-2H3. The van der Waals surface area contributed by atoms with Crippen LogP contribution in [0.3, 0.4) is 0 Å². The summed E-state index contributed by atoms with van der Waals surface area (Å²) in [4.78, 5) is 19.0. The van der Waals surface area contributed by atoms with Gasteiger partial charge in [0.05, 0.1) is 5.69 Å². The van der Waals surface area contributed by atoms with E-state index in [9.17, 15) is 4.79 Å². The number of nitrogens with two attached hydrogens (primary N) is 1. The minimum absolute atomic E-state index is 0.00209. The van der Waals surface area contributed by atoms with E-state index in [-0.39, 0.29) is 5.78 Å². The number of carbonyl (C=O) groups is 1. The summed E-state index contributed by atoms with van der Waals surface area (Å²) in [5.74, 6) is 0.648. The van der Waals surface area contributed by atoms with E-state index in [1.165, 1.54) is 49.0 Å². The lowest BCUT2D eigenvalue weighted by atomic mass is 9.84. The van der Waals surface area contributed by atoms with Gasteiger partial charge in [-0.1, -0.05) is 43.5 Å². The van der Waals surface area contributed by atoms with Crippen molar-refractivity contribution in [2.75, 3.05) is 5.73 Å². The molecule has 4 heteroatoms. The molecule has 1 aliphatic carbocycles. The summed E-state index contributed by atoms with van der Waals surface area (Å²) in [6.45, 7) is 3.99. The molecule has 1 aliphatic rings. The second-order valence-corrected chi connectivity index (χ2v) is 8.39. The number of ketones is 1. The van der Waals surface area contributed by atoms with Gasteiger partial charge in [0.1, 0.15) is 9.71 Å². The average molecular weight is 365 g/mol. The molecule has 2 aromatic heterocycles. The van der Waals surface area contributed by atoms with Crippen LogP contribution in [0.5, 0.6) is 0 Å². The van der Waals surface area contributed by atoms with Gasteiger partial charge in [-0.15, -0.1) is 11.3 Å². The van der Waals surface area contributed by atoms with Gasteiger partial charge >= 0.3 is 0 Å². The monoisotopic (exact) mass is 364 g/mol. The maximum absolute atomic E-state index is 13.0. The first-order chi connectivity index (χ1) is 12.5. The fourth-order valence-corrected chi connectivity index (χ4v) is 5.29. The topological polar surface area (TPSA) is 56.0 Å². The predicted molar refractivity (Wildman–Crippen MR) is 109 cm³/mol. The van der Waals surface area contributed by atoms with Crippen molar-refractivity contribution in [3.8, 4) is 0 Å². The summed E-state index contributed by atoms with van der Waals surface area (Å²) in [6.07, 6.45) is 6.51. The zero-order valence-corrected chi connectivity index (χ0v) is 16.2. The van der Waals surface area contributed by atoms with Gasteiger partial charge in [-0.05, 0) is 49.8 Å². The lowest BCUT2D eigenvalue weighted by Crippen LogP contribution is -2.06. The maximum Gasteiger partial charge on any atom is 0.205 e. The molecule has 26 heavy (non-hydrogen) atoms. The van der Waals surface area contributed by atoms with Crippen molar-refractivity contribution in [2.24, 2.45) is 0 Å². The summed E-state index contributed by atoms with van der Waals surface area (Å²) < 4.78 is 0. The Hall–Kier alpha value is -2.20. The summed E-state index contributed by atoms with van der Waals surface area (Å²) in [7, 11) is 0. The van der Waals surface area contributed by atoms with Crippen molar-refractivity contribution >= 4 is 33.0 Å². The van der Waals surface area contributed by atoms with Crippen molar-refractivity contribution in [1.29, 1.82) is 0 Å². The van der Waals surface area contributed by atoms with Crippen LogP contribution in [-0.4, -0.2) is 10.8 Å². The molecule has 0 unspecified atom stereocenters. The molecule has 3 aromatic rings. The van der Waals surface area contributed by atoms with E-state index in [0.717, 1.165) is 21.5 Å². The van der Waals surface area contributed by atoms with Crippen LogP contribution in [0.15, 0.2) is 30.3 Å². The Labute approximate surface area is 158 Å². The molecule has 134 valence electrons. The van der Waals surface area contributed by atoms with Gasteiger partial charge in [-0.25, -0.2) is 4.98 Å². The molecule has 1 aromatic carbocycles. The number of fused-ring (bicyclic) bond motifs is 1. The number of pyridine rings is 1. The number of benzene rings is 1. The van der Waals surface area contributed by atoms with Gasteiger partial charge in [-0.2, -0.15) is 0 Å². The van der Waals surface area contributed by atoms with Crippen LogP contribution < -0.4 is 5.73 Å². The number of anilines is 1. The molecule has 2 N–H and O–H groups in total. The largest absolute Gasteiger partial charge is 0.397 e. The number of carbonyl (C=O) groups excluding carboxylic acids is 1. The Morgan fingerprint density at radius 2 is 1.81 bits per heavy atom. The molecule has 3 nitrogen and oxygen atoms in total. The highest BCUT2D eigenvalue weighted by atomic mass is 32.1. The van der Waals surface area contributed by atoms with Crippen LogP contribution >= 0.6 is 11.3 Å². The zero-order chi connectivity index (χ0) is 18.3. The van der Waals surface area contributed by atoms with E-state index in [2.05, 4.69) is 17.1 Å². The van der Waals surface area contributed by atoms with E-state index in [4.69, 9.17) is 5.73 Å². The zero-order valence-electron chi connectivity index (χ0n) is 15.3. The van der Waals surface area contributed by atoms with Crippen LogP contribution in [0.4, 0.5) is 5.69 Å². The second-order valence-electron chi connectivity index (χ2n) is 7.39. The molecule has 0 spiro atoms. The minimum Gasteiger partial charge on any atom is -0.397 e. The first kappa shape index (κ1) is 17.2. The van der Waals surface area contributed by atoms with Crippen molar-refractivity contribution in [3.63, 3.8) is 0 Å². The number of hydrogen-bond donors (Lipinski definition) is 1. The smallest absolute Gasteiger partial charge is 0.205 e. The van der Waals surface area contributed by atoms with E-state index >= 15 is 0 Å². The Morgan fingerprint density at radius 3 is 2.50 bits per heavy atom. The molecular weight excluding hydrogens is 340 g/mol. The highest BCUT2D eigenvalue weighted by Gasteiger charge is 2.21. The predicted octanol–water partition coefficient (Wildman–Crippen LogP) is 5.77. The third-order valence-electron chi connectivity index (χ3n) is 5.48. The number of rotatable bonds is 3. The highest BCUT2D eigenvalue weighted by Crippen LogP contribution is 2.37. The van der Waals surface area contributed by atoms with Gasteiger partial charge in [0.25, 0.3) is 0 Å². The van der Waals surface area contributed by atoms with Gasteiger partial charge in [0, 0.05) is 16.6 Å². The Morgan fingerprint density at radius 1 is 1.12 bits per heavy atom. The third kappa shape index (κ3) is 3.03. The van der Waals surface area contributed by atoms with Gasteiger partial charge < -0.3 is 5.73 Å². The fourth-order valence-electron chi connectivity index (χ4n) is 4.11. The van der Waals surface area contributed by atoms with E-state index < -0.39 is 0 Å². The molecule has 2 heterocycles. The molecule has 0 radical (unpaired) electrons. The lowest BCUT2D eigenvalue weighted by Gasteiger charge is -2.22. The molecule has 0 amide bonds. The normalized spacial score (nSPS) is 15.5. The van der Waals surface area contributed by atoms with Gasteiger partial charge in [0.15, 0.2) is 0 Å². The van der Waals surface area contributed by atoms with E-state index in [1.54, 1.807) is 0 Å². The third-order valence-corrected chi connectivity index (χ3v) is 6.58. The number of aromatic nitrogens is 1. The molecule has 1 saturated carbocycles. The Kier molecular flexibility index (Phi) is 4.53. The molecule has 1 fully saturated rings. The van der Waals surface area contributed by atoms with Crippen LogP contribution in [0, 0.1) is 13.8 Å². The van der Waals surface area contributed by atoms with Crippen LogP contribution in [0.25, 0.3) is 10.2 Å². The Balaban J connectivity index is 1.66. The summed E-state index contributed by atoms with van der Waals surface area (Å²) in [5, 5.41) is 0.919. The molecule has 0 aliphatic heterocycles. The Bertz CT molecular complexity index is 966. The number of hydrogen-bond acceptors (Lipinski definition) is 4. The number of nitrogens with zero attached hydrogens (tertiary/aromatic N) is 1. The van der Waals surface area contributed by atoms with Crippen molar-refractivity contribution in [2.45, 2.75) is 51.9 Å². The van der Waals surface area contributed by atoms with Crippen LogP contribution in [0.2, 0.25) is 0 Å². The number of nitrogen functional groups attached to an aromatic ring is 1. The van der Waals surface area contributed by atoms with Crippen molar-refractivity contribution in [3.05, 3.63) is 57.6 Å². The van der Waals surface area contributed by atoms with E-state index in [0.29, 0.717) is 22.0 Å². The van der Waals surface area contributed by atoms with E-state index in [1.807, 2.05) is 32.0 Å². The highest BCUT2D eigenvalue weighted by molar-refractivity contribution is 7.21. The first-order valence-electron chi connectivity index (χ1n) is 9.35. The SMILES string of the molecule is Cc1cc(C)c2c(N)c(C(=O)c3ccc(C4CCCCC4)cc3)sc2n1. The molecule has 0 saturated heterocycles. The van der Waals surface area contributed by atoms with Crippen molar-refractivity contribution < 1.29 is 4.79 Å². The molecular formula is C22H24N2OS. The summed E-state index contributed by atoms with van der Waals surface area (Å²) >= 11 is 1.40. The minimum atomic E-state index is -0.00209. The molecule has 0 atom stereocenters. The quantitative estimate of drug-likeness (QED) is 0.600. The van der Waals surface area contributed by atoms with Gasteiger partial charge in [-0.3, -0.25) is 4.79 Å². The molecule has 4 rings (SSSR count). The molecule has 0 bridgehead atoms.